The predicted molar refractivity (Wildman–Crippen MR) is 111 cm³/mol. The van der Waals surface area contributed by atoms with E-state index in [1.54, 1.807) is 14.0 Å². The van der Waals surface area contributed by atoms with Crippen molar-refractivity contribution in [2.45, 2.75) is 19.0 Å². The van der Waals surface area contributed by atoms with Gasteiger partial charge >= 0.3 is 5.97 Å². The number of methoxy groups -OCH3 is 2. The van der Waals surface area contributed by atoms with Gasteiger partial charge in [0.1, 0.15) is 5.75 Å². The third kappa shape index (κ3) is 4.08. The molecule has 2 N–H and O–H groups in total. The Labute approximate surface area is 169 Å². The SMILES string of the molecule is COC(=O)[C@H](C)[C@@H]1NC(c2ccc(Cl)cc2)c2cc(OC)ccc2NC1=S. The second kappa shape index (κ2) is 8.25. The fourth-order valence-electron chi connectivity index (χ4n) is 3.20. The molecule has 0 spiro atoms. The van der Waals surface area contributed by atoms with Gasteiger partial charge in [-0.05, 0) is 42.8 Å². The van der Waals surface area contributed by atoms with E-state index in [0.29, 0.717) is 10.0 Å². The molecule has 1 aliphatic rings. The van der Waals surface area contributed by atoms with E-state index in [1.807, 2.05) is 42.5 Å². The smallest absolute Gasteiger partial charge is 0.310 e. The number of hydrogen-bond acceptors (Lipinski definition) is 5. The molecule has 0 bridgehead atoms. The number of carbonyl (C=O) groups excluding carboxylic acids is 1. The molecule has 3 rings (SSSR count). The number of nitrogens with one attached hydrogen (secondary N) is 2. The molecule has 0 radical (unpaired) electrons. The average molecular weight is 405 g/mol. The normalized spacial score (nSPS) is 20.1. The third-order valence-corrected chi connectivity index (χ3v) is 5.34. The van der Waals surface area contributed by atoms with E-state index in [1.165, 1.54) is 7.11 Å². The minimum atomic E-state index is -0.457. The van der Waals surface area contributed by atoms with Crippen LogP contribution in [0.5, 0.6) is 5.75 Å². The Morgan fingerprint density at radius 2 is 1.89 bits per heavy atom. The summed E-state index contributed by atoms with van der Waals surface area (Å²) in [6.45, 7) is 1.80. The van der Waals surface area contributed by atoms with Crippen LogP contribution < -0.4 is 15.4 Å². The van der Waals surface area contributed by atoms with Gasteiger partial charge in [0, 0.05) is 16.3 Å². The van der Waals surface area contributed by atoms with E-state index in [-0.39, 0.29) is 12.0 Å². The molecule has 0 amide bonds. The summed E-state index contributed by atoms with van der Waals surface area (Å²) >= 11 is 11.6. The Morgan fingerprint density at radius 1 is 1.19 bits per heavy atom. The van der Waals surface area contributed by atoms with Crippen molar-refractivity contribution in [2.24, 2.45) is 5.92 Å². The summed E-state index contributed by atoms with van der Waals surface area (Å²) < 4.78 is 10.3. The van der Waals surface area contributed by atoms with Gasteiger partial charge < -0.3 is 14.8 Å². The van der Waals surface area contributed by atoms with E-state index in [4.69, 9.17) is 33.3 Å². The van der Waals surface area contributed by atoms with Crippen LogP contribution in [0.15, 0.2) is 42.5 Å². The Kier molecular flexibility index (Phi) is 5.99. The van der Waals surface area contributed by atoms with Crippen molar-refractivity contribution in [3.63, 3.8) is 0 Å². The first-order valence-corrected chi connectivity index (χ1v) is 9.31. The number of rotatable bonds is 4. The molecular formula is C20H21ClN2O3S. The van der Waals surface area contributed by atoms with Crippen LogP contribution in [0.25, 0.3) is 0 Å². The molecule has 5 nitrogen and oxygen atoms in total. The van der Waals surface area contributed by atoms with Crippen LogP contribution in [0.1, 0.15) is 24.1 Å². The molecule has 0 saturated carbocycles. The summed E-state index contributed by atoms with van der Waals surface area (Å²) in [6, 6.07) is 12.7. The highest BCUT2D eigenvalue weighted by Crippen LogP contribution is 2.35. The number of carbonyl (C=O) groups is 1. The van der Waals surface area contributed by atoms with Crippen LogP contribution in [0, 0.1) is 5.92 Å². The van der Waals surface area contributed by atoms with Crippen molar-refractivity contribution in [3.8, 4) is 5.75 Å². The molecule has 2 aromatic carbocycles. The summed E-state index contributed by atoms with van der Waals surface area (Å²) in [5, 5.41) is 7.45. The molecule has 7 heteroatoms. The number of benzene rings is 2. The largest absolute Gasteiger partial charge is 0.497 e. The number of fused-ring (bicyclic) bond motifs is 1. The maximum atomic E-state index is 12.1. The van der Waals surface area contributed by atoms with Crippen LogP contribution in [-0.2, 0) is 9.53 Å². The monoisotopic (exact) mass is 404 g/mol. The van der Waals surface area contributed by atoms with E-state index >= 15 is 0 Å². The maximum absolute atomic E-state index is 12.1. The van der Waals surface area contributed by atoms with Crippen LogP contribution in [0.4, 0.5) is 5.69 Å². The van der Waals surface area contributed by atoms with E-state index < -0.39 is 12.0 Å². The number of esters is 1. The van der Waals surface area contributed by atoms with Gasteiger partial charge in [-0.3, -0.25) is 10.1 Å². The Bertz CT molecular complexity index is 857. The molecule has 1 heterocycles. The van der Waals surface area contributed by atoms with Gasteiger partial charge in [0.2, 0.25) is 0 Å². The van der Waals surface area contributed by atoms with Crippen LogP contribution in [0.2, 0.25) is 5.02 Å². The summed E-state index contributed by atoms with van der Waals surface area (Å²) in [6.07, 6.45) is 0. The minimum absolute atomic E-state index is 0.211. The Hall–Kier alpha value is -2.15. The zero-order valence-corrected chi connectivity index (χ0v) is 16.9. The Morgan fingerprint density at radius 3 is 2.52 bits per heavy atom. The van der Waals surface area contributed by atoms with Crippen LogP contribution >= 0.6 is 23.8 Å². The third-order valence-electron chi connectivity index (χ3n) is 4.73. The highest BCUT2D eigenvalue weighted by molar-refractivity contribution is 7.80. The summed E-state index contributed by atoms with van der Waals surface area (Å²) in [5.41, 5.74) is 2.84. The number of anilines is 1. The van der Waals surface area contributed by atoms with E-state index in [2.05, 4.69) is 10.6 Å². The standard InChI is InChI=1S/C20H21ClN2O3S/c1-11(20(24)26-3)17-19(27)22-16-9-8-14(25-2)10-15(16)18(23-17)12-4-6-13(21)7-5-12/h4-11,17-18,23H,1-3H3,(H,22,27)/t11-,17+,18?/m1/s1. The highest BCUT2D eigenvalue weighted by Gasteiger charge is 2.35. The summed E-state index contributed by atoms with van der Waals surface area (Å²) in [7, 11) is 3.01. The fourth-order valence-corrected chi connectivity index (χ4v) is 3.71. The lowest BCUT2D eigenvalue weighted by Gasteiger charge is -2.27. The molecule has 3 atom stereocenters. The van der Waals surface area contributed by atoms with Crippen molar-refractivity contribution in [3.05, 3.63) is 58.6 Å². The van der Waals surface area contributed by atoms with Crippen LogP contribution in [0.3, 0.4) is 0 Å². The lowest BCUT2D eigenvalue weighted by Crippen LogP contribution is -2.46. The molecule has 1 unspecified atom stereocenters. The van der Waals surface area contributed by atoms with E-state index in [9.17, 15) is 4.79 Å². The molecule has 27 heavy (non-hydrogen) atoms. The first-order chi connectivity index (χ1) is 12.9. The van der Waals surface area contributed by atoms with E-state index in [0.717, 1.165) is 22.6 Å². The summed E-state index contributed by atoms with van der Waals surface area (Å²) in [4.78, 5) is 12.7. The topological polar surface area (TPSA) is 59.6 Å². The van der Waals surface area contributed by atoms with Gasteiger partial charge in [0.05, 0.1) is 37.2 Å². The first kappa shape index (κ1) is 19.6. The van der Waals surface area contributed by atoms with Crippen molar-refractivity contribution in [2.75, 3.05) is 19.5 Å². The number of ether oxygens (including phenoxy) is 2. The second-order valence-corrected chi connectivity index (χ2v) is 7.26. The molecule has 1 aliphatic heterocycles. The van der Waals surface area contributed by atoms with Crippen molar-refractivity contribution >= 4 is 40.5 Å². The summed E-state index contributed by atoms with van der Waals surface area (Å²) in [5.74, 6) is -0.0438. The molecular weight excluding hydrogens is 384 g/mol. The van der Waals surface area contributed by atoms with Gasteiger partial charge in [-0.25, -0.2) is 0 Å². The van der Waals surface area contributed by atoms with Gasteiger partial charge in [-0.1, -0.05) is 36.0 Å². The maximum Gasteiger partial charge on any atom is 0.310 e. The molecule has 0 saturated heterocycles. The predicted octanol–water partition coefficient (Wildman–Crippen LogP) is 3.96. The zero-order valence-electron chi connectivity index (χ0n) is 15.3. The number of thiocarbonyl (C=S) groups is 1. The van der Waals surface area contributed by atoms with Crippen molar-refractivity contribution < 1.29 is 14.3 Å². The first-order valence-electron chi connectivity index (χ1n) is 8.52. The second-order valence-electron chi connectivity index (χ2n) is 6.38. The molecule has 0 aliphatic carbocycles. The number of halogens is 1. The molecule has 0 aromatic heterocycles. The number of hydrogen-bond donors (Lipinski definition) is 2. The molecule has 2 aromatic rings. The molecule has 142 valence electrons. The van der Waals surface area contributed by atoms with Gasteiger partial charge in [0.25, 0.3) is 0 Å². The lowest BCUT2D eigenvalue weighted by molar-refractivity contribution is -0.145. The zero-order chi connectivity index (χ0) is 19.6. The average Bonchev–Trinajstić information content (AvgIpc) is 2.83. The van der Waals surface area contributed by atoms with Gasteiger partial charge in [-0.2, -0.15) is 0 Å². The van der Waals surface area contributed by atoms with Crippen molar-refractivity contribution in [1.29, 1.82) is 0 Å². The fraction of sp³-hybridized carbons (Fsp3) is 0.300. The lowest BCUT2D eigenvalue weighted by atomic mass is 9.95. The van der Waals surface area contributed by atoms with Crippen molar-refractivity contribution in [1.82, 2.24) is 5.32 Å². The van der Waals surface area contributed by atoms with Gasteiger partial charge in [0.15, 0.2) is 0 Å². The highest BCUT2D eigenvalue weighted by atomic mass is 35.5. The molecule has 0 fully saturated rings. The Balaban J connectivity index is 2.09. The van der Waals surface area contributed by atoms with Crippen LogP contribution in [-0.4, -0.2) is 31.2 Å². The quantitative estimate of drug-likeness (QED) is 0.594. The minimum Gasteiger partial charge on any atom is -0.497 e. The van der Waals surface area contributed by atoms with Gasteiger partial charge in [-0.15, -0.1) is 0 Å².